The maximum absolute atomic E-state index is 5.50. The van der Waals surface area contributed by atoms with Crippen LogP contribution in [0.15, 0.2) is 12.1 Å². The van der Waals surface area contributed by atoms with E-state index >= 15 is 0 Å². The minimum absolute atomic E-state index is 0.289. The third-order valence-electron chi connectivity index (χ3n) is 4.89. The molecule has 0 amide bonds. The first-order valence-electron chi connectivity index (χ1n) is 8.69. The highest BCUT2D eigenvalue weighted by Crippen LogP contribution is 2.37. The molecule has 132 valence electrons. The molecule has 1 fully saturated rings. The van der Waals surface area contributed by atoms with Crippen molar-refractivity contribution in [2.75, 3.05) is 33.9 Å². The molecule has 3 rings (SSSR count). The van der Waals surface area contributed by atoms with Crippen LogP contribution in [0, 0.1) is 0 Å². The van der Waals surface area contributed by atoms with Crippen molar-refractivity contribution in [3.8, 4) is 11.5 Å². The van der Waals surface area contributed by atoms with Crippen molar-refractivity contribution in [1.29, 1.82) is 0 Å². The number of thiocarbonyl (C=S) groups is 1. The highest BCUT2D eigenvalue weighted by Gasteiger charge is 2.29. The zero-order chi connectivity index (χ0) is 17.1. The molecular weight excluding hydrogens is 322 g/mol. The molecule has 0 bridgehead atoms. The van der Waals surface area contributed by atoms with Gasteiger partial charge < -0.3 is 20.1 Å². The van der Waals surface area contributed by atoms with Gasteiger partial charge in [0.2, 0.25) is 0 Å². The van der Waals surface area contributed by atoms with E-state index in [4.69, 9.17) is 21.7 Å². The van der Waals surface area contributed by atoms with E-state index in [1.54, 1.807) is 14.2 Å². The molecule has 2 aliphatic rings. The maximum Gasteiger partial charge on any atom is 0.166 e. The monoisotopic (exact) mass is 349 g/mol. The third kappa shape index (κ3) is 3.75. The standard InChI is InChI=1S/C18H27N3O2S/c1-4-21-8-7-12-9-16(22-2)17(23-3)10-14(12)15(21)11-19-18(24)20-13-5-6-13/h9-10,13,15H,4-8,11H2,1-3H3,(H2,19,20,24). The topological polar surface area (TPSA) is 45.8 Å². The summed E-state index contributed by atoms with van der Waals surface area (Å²) in [6.45, 7) is 5.07. The molecule has 2 N–H and O–H groups in total. The Kier molecular flexibility index (Phi) is 5.46. The zero-order valence-electron chi connectivity index (χ0n) is 14.7. The van der Waals surface area contributed by atoms with Crippen LogP contribution in [0.5, 0.6) is 11.5 Å². The molecule has 1 unspecified atom stereocenters. The molecule has 0 radical (unpaired) electrons. The number of nitrogens with zero attached hydrogens (tertiary/aromatic N) is 1. The number of benzene rings is 1. The predicted molar refractivity (Wildman–Crippen MR) is 100.0 cm³/mol. The van der Waals surface area contributed by atoms with E-state index < -0.39 is 0 Å². The van der Waals surface area contributed by atoms with Gasteiger partial charge in [-0.15, -0.1) is 0 Å². The summed E-state index contributed by atoms with van der Waals surface area (Å²) in [6, 6.07) is 5.11. The van der Waals surface area contributed by atoms with Crippen LogP contribution in [0.1, 0.15) is 36.9 Å². The molecule has 1 aliphatic heterocycles. The van der Waals surface area contributed by atoms with Crippen LogP contribution in [-0.4, -0.2) is 49.9 Å². The minimum atomic E-state index is 0.289. The summed E-state index contributed by atoms with van der Waals surface area (Å²) in [4.78, 5) is 2.49. The van der Waals surface area contributed by atoms with Crippen molar-refractivity contribution in [1.82, 2.24) is 15.5 Å². The summed E-state index contributed by atoms with van der Waals surface area (Å²) in [7, 11) is 3.37. The number of nitrogens with one attached hydrogen (secondary N) is 2. The molecular formula is C18H27N3O2S. The lowest BCUT2D eigenvalue weighted by Crippen LogP contribution is -2.45. The predicted octanol–water partition coefficient (Wildman–Crippen LogP) is 2.25. The van der Waals surface area contributed by atoms with Crippen molar-refractivity contribution in [2.45, 2.75) is 38.3 Å². The molecule has 1 saturated carbocycles. The van der Waals surface area contributed by atoms with Gasteiger partial charge in [0, 0.05) is 19.1 Å². The van der Waals surface area contributed by atoms with Crippen molar-refractivity contribution in [3.05, 3.63) is 23.3 Å². The van der Waals surface area contributed by atoms with Crippen molar-refractivity contribution < 1.29 is 9.47 Å². The van der Waals surface area contributed by atoms with Gasteiger partial charge in [0.1, 0.15) is 0 Å². The quantitative estimate of drug-likeness (QED) is 0.768. The van der Waals surface area contributed by atoms with Gasteiger partial charge in [0.15, 0.2) is 16.6 Å². The average molecular weight is 350 g/mol. The Labute approximate surface area is 149 Å². The van der Waals surface area contributed by atoms with Crippen LogP contribution in [-0.2, 0) is 6.42 Å². The first-order chi connectivity index (χ1) is 11.7. The van der Waals surface area contributed by atoms with Gasteiger partial charge in [-0.05, 0) is 61.3 Å². The molecule has 6 heteroatoms. The molecule has 1 aromatic rings. The van der Waals surface area contributed by atoms with E-state index in [1.807, 2.05) is 0 Å². The number of methoxy groups -OCH3 is 2. The Morgan fingerprint density at radius 3 is 2.58 bits per heavy atom. The highest BCUT2D eigenvalue weighted by atomic mass is 32.1. The molecule has 0 aromatic heterocycles. The number of fused-ring (bicyclic) bond motifs is 1. The van der Waals surface area contributed by atoms with Gasteiger partial charge in [0.25, 0.3) is 0 Å². The van der Waals surface area contributed by atoms with Gasteiger partial charge in [0.05, 0.1) is 20.3 Å². The summed E-state index contributed by atoms with van der Waals surface area (Å²) in [5, 5.41) is 7.51. The smallest absolute Gasteiger partial charge is 0.166 e. The number of rotatable bonds is 6. The lowest BCUT2D eigenvalue weighted by molar-refractivity contribution is 0.195. The second kappa shape index (κ2) is 7.57. The van der Waals surface area contributed by atoms with Gasteiger partial charge >= 0.3 is 0 Å². The molecule has 1 aliphatic carbocycles. The summed E-state index contributed by atoms with van der Waals surface area (Å²) < 4.78 is 11.0. The normalized spacial score (nSPS) is 20.2. The Hall–Kier alpha value is -1.53. The van der Waals surface area contributed by atoms with Crippen LogP contribution >= 0.6 is 12.2 Å². The molecule has 1 atom stereocenters. The van der Waals surface area contributed by atoms with Crippen LogP contribution in [0.25, 0.3) is 0 Å². The number of hydrogen-bond acceptors (Lipinski definition) is 4. The number of likely N-dealkylation sites (N-methyl/N-ethyl adjacent to an activating group) is 1. The summed E-state index contributed by atoms with van der Waals surface area (Å²) in [5.74, 6) is 1.59. The second-order valence-electron chi connectivity index (χ2n) is 6.43. The fourth-order valence-electron chi connectivity index (χ4n) is 3.35. The van der Waals surface area contributed by atoms with Crippen LogP contribution in [0.4, 0.5) is 0 Å². The van der Waals surface area contributed by atoms with E-state index in [2.05, 4.69) is 34.6 Å². The number of ether oxygens (including phenoxy) is 2. The van der Waals surface area contributed by atoms with E-state index in [0.29, 0.717) is 6.04 Å². The second-order valence-corrected chi connectivity index (χ2v) is 6.84. The van der Waals surface area contributed by atoms with E-state index in [0.717, 1.165) is 42.7 Å². The van der Waals surface area contributed by atoms with Crippen molar-refractivity contribution in [2.24, 2.45) is 0 Å². The van der Waals surface area contributed by atoms with Gasteiger partial charge in [-0.25, -0.2) is 0 Å². The van der Waals surface area contributed by atoms with E-state index in [1.165, 1.54) is 24.0 Å². The molecule has 0 saturated heterocycles. The lowest BCUT2D eigenvalue weighted by atomic mass is 9.91. The van der Waals surface area contributed by atoms with Crippen molar-refractivity contribution >= 4 is 17.3 Å². The number of hydrogen-bond donors (Lipinski definition) is 2. The maximum atomic E-state index is 5.50. The Balaban J connectivity index is 1.79. The average Bonchev–Trinajstić information content (AvgIpc) is 3.41. The van der Waals surface area contributed by atoms with Gasteiger partial charge in [-0.1, -0.05) is 6.92 Å². The SMILES string of the molecule is CCN1CCc2cc(OC)c(OC)cc2C1CNC(=S)NC1CC1. The van der Waals surface area contributed by atoms with Crippen LogP contribution < -0.4 is 20.1 Å². The Morgan fingerprint density at radius 2 is 1.96 bits per heavy atom. The summed E-state index contributed by atoms with van der Waals surface area (Å²) in [5.41, 5.74) is 2.65. The van der Waals surface area contributed by atoms with Crippen molar-refractivity contribution in [3.63, 3.8) is 0 Å². The zero-order valence-corrected chi connectivity index (χ0v) is 15.5. The lowest BCUT2D eigenvalue weighted by Gasteiger charge is -2.37. The van der Waals surface area contributed by atoms with Gasteiger partial charge in [-0.2, -0.15) is 0 Å². The molecule has 1 aromatic carbocycles. The fraction of sp³-hybridized carbons (Fsp3) is 0.611. The Bertz CT molecular complexity index is 604. The fourth-order valence-corrected chi connectivity index (χ4v) is 3.60. The molecule has 0 spiro atoms. The summed E-state index contributed by atoms with van der Waals surface area (Å²) >= 11 is 5.42. The highest BCUT2D eigenvalue weighted by molar-refractivity contribution is 7.80. The van der Waals surface area contributed by atoms with E-state index in [-0.39, 0.29) is 6.04 Å². The molecule has 5 nitrogen and oxygen atoms in total. The largest absolute Gasteiger partial charge is 0.493 e. The minimum Gasteiger partial charge on any atom is -0.493 e. The van der Waals surface area contributed by atoms with Crippen LogP contribution in [0.3, 0.4) is 0 Å². The van der Waals surface area contributed by atoms with Gasteiger partial charge in [-0.3, -0.25) is 4.90 Å². The Morgan fingerprint density at radius 1 is 1.25 bits per heavy atom. The molecule has 24 heavy (non-hydrogen) atoms. The molecule has 1 heterocycles. The summed E-state index contributed by atoms with van der Waals surface area (Å²) in [6.07, 6.45) is 3.49. The first-order valence-corrected chi connectivity index (χ1v) is 9.10. The first kappa shape index (κ1) is 17.3. The van der Waals surface area contributed by atoms with E-state index in [9.17, 15) is 0 Å². The third-order valence-corrected chi connectivity index (χ3v) is 5.15. The van der Waals surface area contributed by atoms with Crippen LogP contribution in [0.2, 0.25) is 0 Å².